The van der Waals surface area contributed by atoms with Gasteiger partial charge in [-0.25, -0.2) is 8.42 Å². The lowest BCUT2D eigenvalue weighted by Gasteiger charge is -2.20. The molecule has 0 aromatic heterocycles. The number of sulfone groups is 1. The van der Waals surface area contributed by atoms with Crippen LogP contribution in [0, 0.1) is 0 Å². The van der Waals surface area contributed by atoms with E-state index in [1.165, 1.54) is 41.3 Å². The summed E-state index contributed by atoms with van der Waals surface area (Å²) in [5, 5.41) is 3.01. The van der Waals surface area contributed by atoms with Crippen LogP contribution in [0.15, 0.2) is 47.4 Å². The topological polar surface area (TPSA) is 94.2 Å². The maximum atomic E-state index is 13.5. The zero-order valence-electron chi connectivity index (χ0n) is 27.3. The van der Waals surface area contributed by atoms with Gasteiger partial charge in [0.15, 0.2) is 9.84 Å². The Labute approximate surface area is 287 Å². The molecule has 2 aliphatic heterocycles. The van der Waals surface area contributed by atoms with Gasteiger partial charge in [0.2, 0.25) is 0 Å². The number of carbonyl (C=O) groups is 1. The number of carbonyl (C=O) groups excluding carboxylic acids is 1. The van der Waals surface area contributed by atoms with Gasteiger partial charge in [0.05, 0.1) is 40.9 Å². The van der Waals surface area contributed by atoms with Gasteiger partial charge < -0.3 is 24.4 Å². The van der Waals surface area contributed by atoms with Crippen molar-refractivity contribution in [2.24, 2.45) is 0 Å². The van der Waals surface area contributed by atoms with Crippen LogP contribution in [0.4, 0.5) is 26.3 Å². The van der Waals surface area contributed by atoms with E-state index in [0.717, 1.165) is 17.9 Å². The second-order valence-electron chi connectivity index (χ2n) is 11.5. The molecule has 16 heteroatoms. The molecule has 8 nitrogen and oxygen atoms in total. The van der Waals surface area contributed by atoms with Gasteiger partial charge in [0.25, 0.3) is 5.91 Å². The van der Waals surface area contributed by atoms with Crippen LogP contribution in [0.2, 0.25) is 0 Å². The highest BCUT2D eigenvalue weighted by atomic mass is 35.5. The fourth-order valence-electron chi connectivity index (χ4n) is 5.33. The molecule has 0 aliphatic carbocycles. The van der Waals surface area contributed by atoms with Crippen LogP contribution in [0.3, 0.4) is 0 Å². The highest BCUT2D eigenvalue weighted by Gasteiger charge is 2.38. The van der Waals surface area contributed by atoms with Gasteiger partial charge in [-0.05, 0) is 92.4 Å². The number of nitrogens with zero attached hydrogens (tertiary/aromatic N) is 1. The molecule has 5 rings (SSSR count). The van der Waals surface area contributed by atoms with E-state index in [1.807, 2.05) is 0 Å². The summed E-state index contributed by atoms with van der Waals surface area (Å²) in [4.78, 5) is 14.6. The Morgan fingerprint density at radius 3 is 1.73 bits per heavy atom. The van der Waals surface area contributed by atoms with Gasteiger partial charge in [-0.1, -0.05) is 0 Å². The minimum absolute atomic E-state index is 0. The Balaban J connectivity index is 0.000000321. The largest absolute Gasteiger partial charge is 0.493 e. The number of hydrogen-bond acceptors (Lipinski definition) is 7. The zero-order valence-corrected chi connectivity index (χ0v) is 29.0. The summed E-state index contributed by atoms with van der Waals surface area (Å²) in [6.45, 7) is 8.20. The lowest BCUT2D eigenvalue weighted by Crippen LogP contribution is -2.26. The van der Waals surface area contributed by atoms with Crippen LogP contribution in [-0.2, 0) is 48.4 Å². The first-order valence-electron chi connectivity index (χ1n) is 15.1. The number of benzene rings is 3. The average molecular weight is 739 g/mol. The predicted molar refractivity (Wildman–Crippen MR) is 172 cm³/mol. The highest BCUT2D eigenvalue weighted by Crippen LogP contribution is 2.41. The molecule has 1 amide bonds. The van der Waals surface area contributed by atoms with Gasteiger partial charge >= 0.3 is 12.4 Å². The molecule has 0 unspecified atom stereocenters. The minimum atomic E-state index is -4.60. The normalized spacial score (nSPS) is 14.0. The molecule has 0 spiro atoms. The Kier molecular flexibility index (Phi) is 12.5. The van der Waals surface area contributed by atoms with Crippen molar-refractivity contribution in [2.75, 3.05) is 19.5 Å². The molecule has 0 saturated heterocycles. The second-order valence-corrected chi connectivity index (χ2v) is 13.5. The summed E-state index contributed by atoms with van der Waals surface area (Å²) >= 11 is 0. The van der Waals surface area contributed by atoms with Crippen LogP contribution in [0.25, 0.3) is 0 Å². The maximum Gasteiger partial charge on any atom is 0.419 e. The number of amides is 1. The Morgan fingerprint density at radius 1 is 0.796 bits per heavy atom. The third-order valence-electron chi connectivity index (χ3n) is 7.43. The number of nitrogens with one attached hydrogen (secondary N) is 1. The molecule has 3 aromatic carbocycles. The molecule has 1 N–H and O–H groups in total. The van der Waals surface area contributed by atoms with Gasteiger partial charge in [0.1, 0.15) is 17.2 Å². The molecular formula is C33H37ClF6N2O6S. The summed E-state index contributed by atoms with van der Waals surface area (Å²) in [5.74, 6) is -0.679. The minimum Gasteiger partial charge on any atom is -0.493 e. The first-order valence-corrected chi connectivity index (χ1v) is 16.9. The van der Waals surface area contributed by atoms with E-state index in [1.54, 1.807) is 27.7 Å². The van der Waals surface area contributed by atoms with Crippen molar-refractivity contribution in [3.63, 3.8) is 0 Å². The number of alkyl halides is 6. The first kappa shape index (κ1) is 39.7. The smallest absolute Gasteiger partial charge is 0.419 e. The number of rotatable bonds is 8. The van der Waals surface area contributed by atoms with Crippen molar-refractivity contribution in [1.29, 1.82) is 0 Å². The number of fused-ring (bicyclic) bond motifs is 2. The van der Waals surface area contributed by atoms with Crippen LogP contribution in [-0.4, -0.2) is 44.8 Å². The first-order chi connectivity index (χ1) is 22.3. The molecule has 49 heavy (non-hydrogen) atoms. The SMILES string of the molecule is CCOc1cc2c(cc1C(F)(F)F)CN(C(=O)c1cc(S(C)(=O)=O)ccc1OC(C)C)C2.CCOc1cc2c(cc1C(F)(F)F)CNC2.Cl. The summed E-state index contributed by atoms with van der Waals surface area (Å²) in [6, 6.07) is 9.00. The van der Waals surface area contributed by atoms with E-state index in [-0.39, 0.29) is 72.5 Å². The van der Waals surface area contributed by atoms with Crippen LogP contribution in [0.1, 0.15) is 71.4 Å². The van der Waals surface area contributed by atoms with Gasteiger partial charge in [0, 0.05) is 32.4 Å². The van der Waals surface area contributed by atoms with E-state index in [0.29, 0.717) is 29.8 Å². The summed E-state index contributed by atoms with van der Waals surface area (Å²) in [6.07, 6.45) is -8.20. The molecular weight excluding hydrogens is 702 g/mol. The van der Waals surface area contributed by atoms with E-state index in [4.69, 9.17) is 14.2 Å². The van der Waals surface area contributed by atoms with Gasteiger partial charge in [-0.2, -0.15) is 26.3 Å². The molecule has 0 radical (unpaired) electrons. The molecule has 2 aliphatic rings. The Morgan fingerprint density at radius 2 is 1.27 bits per heavy atom. The van der Waals surface area contributed by atoms with Crippen LogP contribution < -0.4 is 19.5 Å². The van der Waals surface area contributed by atoms with Crippen molar-refractivity contribution in [2.45, 2.75) is 77.2 Å². The summed E-state index contributed by atoms with van der Waals surface area (Å²) in [7, 11) is -3.58. The number of ether oxygens (including phenoxy) is 3. The highest BCUT2D eigenvalue weighted by molar-refractivity contribution is 7.90. The molecule has 0 bridgehead atoms. The number of hydrogen-bond donors (Lipinski definition) is 1. The van der Waals surface area contributed by atoms with Crippen molar-refractivity contribution in [3.8, 4) is 17.2 Å². The monoisotopic (exact) mass is 738 g/mol. The molecule has 0 atom stereocenters. The third kappa shape index (κ3) is 9.51. The Bertz CT molecular complexity index is 1780. The van der Waals surface area contributed by atoms with Gasteiger partial charge in [-0.15, -0.1) is 12.4 Å². The number of halogens is 7. The standard InChI is InChI=1S/C22H24F3NO5S.C11H12F3NO.ClH/c1-5-30-20-9-15-12-26(11-14(15)8-18(20)22(23,24)25)21(27)17-10-16(32(4,28)29)6-7-19(17)31-13(2)3;1-2-16-10-4-8-6-15-5-7(8)3-9(10)11(12,13)14;/h6-10,13H,5,11-12H2,1-4H3;3-4,15H,2,5-6H2,1H3;1H. The zero-order chi connectivity index (χ0) is 35.6. The molecule has 2 heterocycles. The summed E-state index contributed by atoms with van der Waals surface area (Å²) in [5.41, 5.74) is 0.954. The quantitative estimate of drug-likeness (QED) is 0.238. The van der Waals surface area contributed by atoms with Crippen molar-refractivity contribution >= 4 is 28.2 Å². The molecule has 270 valence electrons. The van der Waals surface area contributed by atoms with E-state index in [9.17, 15) is 39.6 Å². The predicted octanol–water partition coefficient (Wildman–Crippen LogP) is 7.58. The van der Waals surface area contributed by atoms with Crippen molar-refractivity contribution < 1.29 is 53.8 Å². The molecule has 3 aromatic rings. The van der Waals surface area contributed by atoms with E-state index in [2.05, 4.69) is 5.32 Å². The van der Waals surface area contributed by atoms with E-state index < -0.39 is 39.2 Å². The van der Waals surface area contributed by atoms with Crippen molar-refractivity contribution in [3.05, 3.63) is 81.4 Å². The maximum absolute atomic E-state index is 13.5. The average Bonchev–Trinajstić information content (AvgIpc) is 3.61. The second kappa shape index (κ2) is 15.5. The molecule has 0 fully saturated rings. The lowest BCUT2D eigenvalue weighted by molar-refractivity contribution is -0.139. The molecule has 0 saturated carbocycles. The third-order valence-corrected chi connectivity index (χ3v) is 8.54. The van der Waals surface area contributed by atoms with Gasteiger partial charge in [-0.3, -0.25) is 4.79 Å². The fourth-order valence-corrected chi connectivity index (χ4v) is 5.97. The van der Waals surface area contributed by atoms with Crippen molar-refractivity contribution in [1.82, 2.24) is 10.2 Å². The van der Waals surface area contributed by atoms with E-state index >= 15 is 0 Å². The fraction of sp³-hybridized carbons (Fsp3) is 0.424. The summed E-state index contributed by atoms with van der Waals surface area (Å²) < 4.78 is 118. The van der Waals surface area contributed by atoms with Crippen LogP contribution in [0.5, 0.6) is 17.2 Å². The lowest BCUT2D eigenvalue weighted by atomic mass is 10.0. The Hall–Kier alpha value is -3.69. The van der Waals surface area contributed by atoms with Crippen LogP contribution >= 0.6 is 12.4 Å².